The van der Waals surface area contributed by atoms with E-state index in [1.165, 1.54) is 0 Å². The van der Waals surface area contributed by atoms with E-state index < -0.39 is 5.09 Å². The number of amides is 4. The molecule has 0 aliphatic carbocycles. The van der Waals surface area contributed by atoms with Crippen molar-refractivity contribution in [3.63, 3.8) is 0 Å². The number of carbonyl (C=O) groups excluding carboxylic acids is 2. The Kier molecular flexibility index (Phi) is 13.0. The van der Waals surface area contributed by atoms with Gasteiger partial charge in [0.25, 0.3) is 0 Å². The number of anilines is 4. The number of aromatic nitrogens is 2. The van der Waals surface area contributed by atoms with Gasteiger partial charge in [-0.1, -0.05) is 48.5 Å². The van der Waals surface area contributed by atoms with E-state index in [1.807, 2.05) is 121 Å². The van der Waals surface area contributed by atoms with E-state index >= 15 is 0 Å². The monoisotopic (exact) mass is 695 g/mol. The van der Waals surface area contributed by atoms with E-state index in [0.29, 0.717) is 0 Å². The summed E-state index contributed by atoms with van der Waals surface area (Å²) in [5, 5.41) is 27.8. The topological polar surface area (TPSA) is 174 Å². The third kappa shape index (κ3) is 10.8. The fourth-order valence-electron chi connectivity index (χ4n) is 4.04. The summed E-state index contributed by atoms with van der Waals surface area (Å²) < 4.78 is 0. The molecule has 4 aromatic carbocycles. The smallest absolute Gasteiger partial charge is 0.356 e. The molecule has 12 nitrogen and oxygen atoms in total. The molecule has 0 aliphatic heterocycles. The maximum absolute atomic E-state index is 12.0. The van der Waals surface area contributed by atoms with Crippen LogP contribution in [0.2, 0.25) is 0 Å². The van der Waals surface area contributed by atoms with E-state index in [9.17, 15) is 9.59 Å². The second kappa shape index (κ2) is 17.3. The Morgan fingerprint density at radius 2 is 0.889 bits per heavy atom. The minimum Gasteiger partial charge on any atom is -0.356 e. The number of rotatable bonds is 4. The molecule has 0 spiro atoms. The van der Waals surface area contributed by atoms with Gasteiger partial charge in [-0.2, -0.15) is 0 Å². The first-order valence-corrected chi connectivity index (χ1v) is 13.1. The molecule has 0 unspecified atom stereocenters. The van der Waals surface area contributed by atoms with Crippen LogP contribution in [0.5, 0.6) is 0 Å². The molecule has 6 aromatic rings. The van der Waals surface area contributed by atoms with Crippen LogP contribution >= 0.6 is 0 Å². The van der Waals surface area contributed by atoms with Crippen molar-refractivity contribution >= 4 is 56.6 Å². The zero-order valence-electron chi connectivity index (χ0n) is 23.4. The maximum Gasteiger partial charge on any atom is 1.00 e. The van der Waals surface area contributed by atoms with Crippen LogP contribution in [-0.2, 0) is 22.4 Å². The van der Waals surface area contributed by atoms with Gasteiger partial charge in [-0.25, -0.2) is 9.59 Å². The summed E-state index contributed by atoms with van der Waals surface area (Å²) in [4.78, 5) is 40.7. The number of urea groups is 2. The largest absolute Gasteiger partial charge is 1.00 e. The van der Waals surface area contributed by atoms with E-state index in [-0.39, 0.29) is 34.4 Å². The Hall–Kier alpha value is -5.82. The Morgan fingerprint density at radius 1 is 0.511 bits per heavy atom. The molecule has 0 atom stereocenters. The zero-order chi connectivity index (χ0) is 31.1. The molecule has 0 bridgehead atoms. The normalized spacial score (nSPS) is 9.60. The van der Waals surface area contributed by atoms with Crippen molar-refractivity contribution < 1.29 is 37.1 Å². The fraction of sp³-hybridized carbons (Fsp3) is 0. The van der Waals surface area contributed by atoms with Crippen LogP contribution in [-0.4, -0.2) is 27.1 Å². The summed E-state index contributed by atoms with van der Waals surface area (Å²) in [5.41, 5.74) is 4.69. The van der Waals surface area contributed by atoms with Crippen molar-refractivity contribution in [1.29, 1.82) is 0 Å². The van der Waals surface area contributed by atoms with E-state index in [4.69, 9.17) is 15.3 Å². The number of pyridine rings is 2. The Labute approximate surface area is 273 Å². The van der Waals surface area contributed by atoms with Crippen LogP contribution in [0.3, 0.4) is 0 Å². The molecule has 6 rings (SSSR count). The van der Waals surface area contributed by atoms with Gasteiger partial charge >= 0.3 is 34.4 Å². The molecule has 45 heavy (non-hydrogen) atoms. The molecule has 4 amide bonds. The average Bonchev–Trinajstić information content (AvgIpc) is 3.02. The summed E-state index contributed by atoms with van der Waals surface area (Å²) in [7, 11) is 0. The molecule has 0 saturated heterocycles. The summed E-state index contributed by atoms with van der Waals surface area (Å²) in [6.45, 7) is 0. The summed E-state index contributed by atoms with van der Waals surface area (Å²) in [6, 6.07) is 36.9. The minimum absolute atomic E-state index is 0. The standard InChI is InChI=1S/2C16H13N3O.Ag.NO3/c2*20-16(18-12-6-2-1-3-7-12)19-15-10-4-9-14-13(15)8-5-11-17-14;;2-1(3)4/h2*1-11H,(H2,18,19,20);;/q;;+1;-1. The number of para-hydroxylation sites is 2. The minimum atomic E-state index is -1.75. The van der Waals surface area contributed by atoms with Crippen molar-refractivity contribution in [1.82, 2.24) is 9.97 Å². The van der Waals surface area contributed by atoms with Gasteiger partial charge in [0.1, 0.15) is 0 Å². The van der Waals surface area contributed by atoms with Gasteiger partial charge in [0.2, 0.25) is 0 Å². The molecule has 0 saturated carbocycles. The maximum atomic E-state index is 12.0. The molecule has 230 valence electrons. The van der Waals surface area contributed by atoms with E-state index in [1.54, 1.807) is 12.4 Å². The fourth-order valence-corrected chi connectivity index (χ4v) is 4.04. The first-order valence-electron chi connectivity index (χ1n) is 13.1. The molecule has 2 heterocycles. The van der Waals surface area contributed by atoms with Crippen molar-refractivity contribution in [3.05, 3.63) is 149 Å². The van der Waals surface area contributed by atoms with Gasteiger partial charge in [-0.15, -0.1) is 0 Å². The van der Waals surface area contributed by atoms with Crippen LogP contribution in [0.25, 0.3) is 21.8 Å². The van der Waals surface area contributed by atoms with Crippen LogP contribution < -0.4 is 21.3 Å². The van der Waals surface area contributed by atoms with Gasteiger partial charge in [0, 0.05) is 34.5 Å². The van der Waals surface area contributed by atoms with Crippen LogP contribution in [0.15, 0.2) is 134 Å². The van der Waals surface area contributed by atoms with Gasteiger partial charge in [-0.3, -0.25) is 9.97 Å². The zero-order valence-corrected chi connectivity index (χ0v) is 24.9. The number of hydrogen-bond acceptors (Lipinski definition) is 7. The molecule has 0 radical (unpaired) electrons. The van der Waals surface area contributed by atoms with Crippen LogP contribution in [0, 0.1) is 15.3 Å². The molecular formula is C32H26AgN7O5. The number of carbonyl (C=O) groups is 2. The number of fused-ring (bicyclic) bond motifs is 2. The molecular weight excluding hydrogens is 670 g/mol. The second-order valence-corrected chi connectivity index (χ2v) is 8.87. The van der Waals surface area contributed by atoms with Gasteiger partial charge in [0.15, 0.2) is 0 Å². The van der Waals surface area contributed by atoms with Crippen molar-refractivity contribution in [2.45, 2.75) is 0 Å². The van der Waals surface area contributed by atoms with Crippen LogP contribution in [0.4, 0.5) is 32.3 Å². The Balaban J connectivity index is 0.000000215. The molecule has 0 aliphatic rings. The summed E-state index contributed by atoms with van der Waals surface area (Å²) >= 11 is 0. The third-order valence-electron chi connectivity index (χ3n) is 5.85. The number of nitrogens with one attached hydrogen (secondary N) is 4. The Morgan fingerprint density at radius 3 is 1.27 bits per heavy atom. The van der Waals surface area contributed by atoms with Gasteiger partial charge in [0.05, 0.1) is 27.5 Å². The quantitative estimate of drug-likeness (QED) is 0.0838. The molecule has 2 aromatic heterocycles. The molecule has 4 N–H and O–H groups in total. The van der Waals surface area contributed by atoms with Crippen molar-refractivity contribution in [2.24, 2.45) is 0 Å². The number of hydrogen-bond donors (Lipinski definition) is 4. The van der Waals surface area contributed by atoms with Crippen molar-refractivity contribution in [2.75, 3.05) is 21.3 Å². The van der Waals surface area contributed by atoms with Crippen molar-refractivity contribution in [3.8, 4) is 0 Å². The van der Waals surface area contributed by atoms with Gasteiger partial charge in [-0.05, 0) is 72.8 Å². The van der Waals surface area contributed by atoms with E-state index in [2.05, 4.69) is 31.2 Å². The van der Waals surface area contributed by atoms with Crippen LogP contribution in [0.1, 0.15) is 0 Å². The SMILES string of the molecule is O=C(Nc1ccccc1)Nc1cccc2ncccc12.O=C(Nc1ccccc1)Nc1cccc2ncccc12.O=[N+]([O-])[O-].[Ag+]. The third-order valence-corrected chi connectivity index (χ3v) is 5.85. The first-order chi connectivity index (χ1) is 21.4. The first kappa shape index (κ1) is 33.7. The summed E-state index contributed by atoms with van der Waals surface area (Å²) in [6.07, 6.45) is 3.46. The number of nitrogens with zero attached hydrogens (tertiary/aromatic N) is 3. The molecule has 13 heteroatoms. The van der Waals surface area contributed by atoms with E-state index in [0.717, 1.165) is 44.6 Å². The Bertz CT molecular complexity index is 1720. The summed E-state index contributed by atoms with van der Waals surface area (Å²) in [5.74, 6) is 0. The average molecular weight is 696 g/mol. The molecule has 0 fully saturated rings. The predicted octanol–water partition coefficient (Wildman–Crippen LogP) is 7.52. The number of benzene rings is 4. The second-order valence-electron chi connectivity index (χ2n) is 8.87. The van der Waals surface area contributed by atoms with Gasteiger partial charge < -0.3 is 36.6 Å². The predicted molar refractivity (Wildman–Crippen MR) is 172 cm³/mol.